The van der Waals surface area contributed by atoms with Crippen LogP contribution in [-0.2, 0) is 22.4 Å². The zero-order valence-electron chi connectivity index (χ0n) is 24.6. The number of carbonyl (C=O) groups is 1. The van der Waals surface area contributed by atoms with E-state index >= 15 is 0 Å². The molecule has 0 bridgehead atoms. The van der Waals surface area contributed by atoms with E-state index in [1.54, 1.807) is 25.3 Å². The lowest BCUT2D eigenvalue weighted by atomic mass is 9.82. The predicted octanol–water partition coefficient (Wildman–Crippen LogP) is 7.38. The summed E-state index contributed by atoms with van der Waals surface area (Å²) < 4.78 is 18.5. The van der Waals surface area contributed by atoms with Gasteiger partial charge < -0.3 is 24.6 Å². The van der Waals surface area contributed by atoms with Crippen molar-refractivity contribution < 1.29 is 24.1 Å². The van der Waals surface area contributed by atoms with Crippen molar-refractivity contribution in [1.29, 1.82) is 0 Å². The molecule has 1 heterocycles. The van der Waals surface area contributed by atoms with E-state index in [1.807, 2.05) is 72.8 Å². The first-order valence-electron chi connectivity index (χ1n) is 14.5. The van der Waals surface area contributed by atoms with Crippen molar-refractivity contribution in [1.82, 2.24) is 5.32 Å². The monoisotopic (exact) mass is 710 g/mol. The fourth-order valence-corrected chi connectivity index (χ4v) is 6.14. The highest BCUT2D eigenvalue weighted by Gasteiger charge is 2.54. The molecule has 0 unspecified atom stereocenters. The van der Waals surface area contributed by atoms with Gasteiger partial charge in [0.15, 0.2) is 11.6 Å². The second-order valence-corrected chi connectivity index (χ2v) is 12.3. The SMILES string of the molecule is COc1cccc(CCNC(=O)[C@]2(Cc3ccccc3Br)N=C(c3ccc(OCCCO)cc3)O[C@@H]2c2ccc(Cl)cc2Cl)c1. The van der Waals surface area contributed by atoms with Crippen LogP contribution in [0.15, 0.2) is 100 Å². The van der Waals surface area contributed by atoms with Crippen LogP contribution in [0.4, 0.5) is 0 Å². The number of nitrogens with one attached hydrogen (secondary N) is 1. The molecule has 2 atom stereocenters. The second-order valence-electron chi connectivity index (χ2n) is 10.6. The topological polar surface area (TPSA) is 89.4 Å². The van der Waals surface area contributed by atoms with Crippen molar-refractivity contribution in [3.63, 3.8) is 0 Å². The molecular formula is C35H33BrCl2N2O5. The molecule has 0 radical (unpaired) electrons. The standard InChI is InChI=1S/C35H33BrCl2N2O5/c1-43-28-8-4-6-23(20-28)16-17-39-34(42)35(22-25-7-2-3-9-30(25)36)32(29-15-12-26(37)21-31(29)38)45-33(40-35)24-10-13-27(14-11-24)44-19-5-18-41/h2-4,6-15,20-21,32,41H,5,16-19,22H2,1H3,(H,39,42)/t32-,35-/m1/s1. The number of rotatable bonds is 13. The smallest absolute Gasteiger partial charge is 0.252 e. The van der Waals surface area contributed by atoms with Crippen molar-refractivity contribution in [3.8, 4) is 11.5 Å². The Bertz CT molecular complexity index is 1670. The molecule has 234 valence electrons. The van der Waals surface area contributed by atoms with Crippen LogP contribution in [0, 0.1) is 0 Å². The zero-order valence-corrected chi connectivity index (χ0v) is 27.7. The number of carbonyl (C=O) groups excluding carboxylic acids is 1. The van der Waals surface area contributed by atoms with Crippen LogP contribution in [0.3, 0.4) is 0 Å². The zero-order chi connectivity index (χ0) is 31.8. The second kappa shape index (κ2) is 15.1. The molecule has 45 heavy (non-hydrogen) atoms. The molecule has 1 amide bonds. The third-order valence-electron chi connectivity index (χ3n) is 7.53. The Balaban J connectivity index is 1.54. The molecular weight excluding hydrogens is 679 g/mol. The number of hydrogen-bond donors (Lipinski definition) is 2. The Morgan fingerprint density at radius 1 is 1.02 bits per heavy atom. The van der Waals surface area contributed by atoms with Crippen LogP contribution < -0.4 is 14.8 Å². The number of aliphatic imine (C=N–C) groups is 1. The fourth-order valence-electron chi connectivity index (χ4n) is 5.21. The van der Waals surface area contributed by atoms with Gasteiger partial charge >= 0.3 is 0 Å². The summed E-state index contributed by atoms with van der Waals surface area (Å²) >= 11 is 16.7. The van der Waals surface area contributed by atoms with Crippen LogP contribution in [0.5, 0.6) is 11.5 Å². The van der Waals surface area contributed by atoms with Gasteiger partial charge in [-0.25, -0.2) is 4.99 Å². The van der Waals surface area contributed by atoms with Crippen LogP contribution in [0.2, 0.25) is 10.0 Å². The first kappa shape index (κ1) is 32.8. The highest BCUT2D eigenvalue weighted by molar-refractivity contribution is 9.10. The van der Waals surface area contributed by atoms with E-state index in [4.69, 9.17) is 47.5 Å². The van der Waals surface area contributed by atoms with Crippen molar-refractivity contribution >= 4 is 50.9 Å². The van der Waals surface area contributed by atoms with E-state index in [2.05, 4.69) is 21.2 Å². The number of aliphatic hydroxyl groups is 1. The summed E-state index contributed by atoms with van der Waals surface area (Å²) in [5.41, 5.74) is 1.77. The van der Waals surface area contributed by atoms with E-state index < -0.39 is 11.6 Å². The maximum Gasteiger partial charge on any atom is 0.252 e. The summed E-state index contributed by atoms with van der Waals surface area (Å²) in [6, 6.07) is 27.9. The minimum Gasteiger partial charge on any atom is -0.497 e. The minimum absolute atomic E-state index is 0.0542. The molecule has 1 aliphatic rings. The Hall–Kier alpha value is -3.56. The van der Waals surface area contributed by atoms with E-state index in [9.17, 15) is 4.79 Å². The van der Waals surface area contributed by atoms with Gasteiger partial charge in [-0.05, 0) is 72.1 Å². The van der Waals surface area contributed by atoms with E-state index in [0.29, 0.717) is 58.8 Å². The van der Waals surface area contributed by atoms with Crippen LogP contribution in [0.1, 0.15) is 34.8 Å². The van der Waals surface area contributed by atoms with Gasteiger partial charge in [0.2, 0.25) is 5.90 Å². The maximum atomic E-state index is 14.5. The summed E-state index contributed by atoms with van der Waals surface area (Å²) in [5.74, 6) is 1.42. The number of nitrogens with zero attached hydrogens (tertiary/aromatic N) is 1. The van der Waals surface area contributed by atoms with Crippen molar-refractivity contribution in [2.45, 2.75) is 30.9 Å². The van der Waals surface area contributed by atoms with Crippen LogP contribution in [0.25, 0.3) is 0 Å². The average Bonchev–Trinajstić information content (AvgIpc) is 3.42. The molecule has 0 aliphatic carbocycles. The Morgan fingerprint density at radius 3 is 2.56 bits per heavy atom. The lowest BCUT2D eigenvalue weighted by Crippen LogP contribution is -2.50. The lowest BCUT2D eigenvalue weighted by molar-refractivity contribution is -0.128. The summed E-state index contributed by atoms with van der Waals surface area (Å²) in [6.45, 7) is 0.823. The third-order valence-corrected chi connectivity index (χ3v) is 8.86. The number of ether oxygens (including phenoxy) is 3. The summed E-state index contributed by atoms with van der Waals surface area (Å²) in [7, 11) is 1.63. The molecule has 0 saturated heterocycles. The fraction of sp³-hybridized carbons (Fsp3) is 0.257. The molecule has 0 aromatic heterocycles. The van der Waals surface area contributed by atoms with Gasteiger partial charge in [0.25, 0.3) is 5.91 Å². The van der Waals surface area contributed by atoms with Gasteiger partial charge in [-0.2, -0.15) is 0 Å². The van der Waals surface area contributed by atoms with Crippen LogP contribution >= 0.6 is 39.1 Å². The highest BCUT2D eigenvalue weighted by Crippen LogP contribution is 2.45. The molecule has 2 N–H and O–H groups in total. The van der Waals surface area contributed by atoms with E-state index in [0.717, 1.165) is 21.3 Å². The van der Waals surface area contributed by atoms with E-state index in [-0.39, 0.29) is 18.9 Å². The molecule has 10 heteroatoms. The predicted molar refractivity (Wildman–Crippen MR) is 181 cm³/mol. The van der Waals surface area contributed by atoms with Gasteiger partial charge in [0.05, 0.1) is 13.7 Å². The van der Waals surface area contributed by atoms with Crippen molar-refractivity contribution in [3.05, 3.63) is 128 Å². The summed E-state index contributed by atoms with van der Waals surface area (Å²) in [5, 5.41) is 13.0. The molecule has 4 aromatic rings. The largest absolute Gasteiger partial charge is 0.497 e. The Morgan fingerprint density at radius 2 is 1.82 bits per heavy atom. The van der Waals surface area contributed by atoms with Gasteiger partial charge in [0.1, 0.15) is 11.5 Å². The summed E-state index contributed by atoms with van der Waals surface area (Å²) in [6.07, 6.45) is 0.498. The van der Waals surface area contributed by atoms with Crippen molar-refractivity contribution in [2.75, 3.05) is 26.9 Å². The van der Waals surface area contributed by atoms with Gasteiger partial charge in [-0.1, -0.05) is 75.5 Å². The third kappa shape index (κ3) is 7.82. The first-order valence-corrected chi connectivity index (χ1v) is 16.1. The summed E-state index contributed by atoms with van der Waals surface area (Å²) in [4.78, 5) is 19.6. The molecule has 0 spiro atoms. The Labute approximate surface area is 281 Å². The number of aliphatic hydroxyl groups excluding tert-OH is 1. The van der Waals surface area contributed by atoms with E-state index in [1.165, 1.54) is 0 Å². The number of halogens is 3. The van der Waals surface area contributed by atoms with Gasteiger partial charge in [-0.15, -0.1) is 0 Å². The van der Waals surface area contributed by atoms with Crippen molar-refractivity contribution in [2.24, 2.45) is 4.99 Å². The first-order chi connectivity index (χ1) is 21.8. The number of hydrogen-bond acceptors (Lipinski definition) is 6. The molecule has 0 saturated carbocycles. The number of methoxy groups -OCH3 is 1. The Kier molecular flexibility index (Phi) is 11.0. The van der Waals surface area contributed by atoms with Gasteiger partial charge in [-0.3, -0.25) is 4.79 Å². The molecule has 1 aliphatic heterocycles. The quantitative estimate of drug-likeness (QED) is 0.141. The molecule has 0 fully saturated rings. The number of benzene rings is 4. The lowest BCUT2D eigenvalue weighted by Gasteiger charge is -2.31. The normalized spacial score (nSPS) is 17.4. The number of amides is 1. The minimum atomic E-state index is -1.42. The molecule has 5 rings (SSSR count). The average molecular weight is 712 g/mol. The molecule has 7 nitrogen and oxygen atoms in total. The molecule has 4 aromatic carbocycles. The maximum absolute atomic E-state index is 14.5. The van der Waals surface area contributed by atoms with Gasteiger partial charge in [0, 0.05) is 51.6 Å². The highest BCUT2D eigenvalue weighted by atomic mass is 79.9. The van der Waals surface area contributed by atoms with Crippen LogP contribution in [-0.4, -0.2) is 49.3 Å².